The fourth-order valence-corrected chi connectivity index (χ4v) is 2.14. The number of aryl methyl sites for hydroxylation is 2. The van der Waals surface area contributed by atoms with Crippen LogP contribution in [0, 0.1) is 6.92 Å². The van der Waals surface area contributed by atoms with E-state index in [2.05, 4.69) is 35.8 Å². The topological polar surface area (TPSA) is 74.8 Å². The van der Waals surface area contributed by atoms with Crippen LogP contribution in [0.5, 0.6) is 0 Å². The summed E-state index contributed by atoms with van der Waals surface area (Å²) in [5.41, 5.74) is 1.91. The lowest BCUT2D eigenvalue weighted by molar-refractivity contribution is 0.0586. The van der Waals surface area contributed by atoms with Crippen LogP contribution in [0.25, 0.3) is 0 Å². The van der Waals surface area contributed by atoms with Crippen molar-refractivity contribution < 1.29 is 9.53 Å². The third-order valence-electron chi connectivity index (χ3n) is 2.67. The van der Waals surface area contributed by atoms with Crippen LogP contribution in [0.1, 0.15) is 28.9 Å². The van der Waals surface area contributed by atoms with Crippen molar-refractivity contribution in [1.29, 1.82) is 0 Å². The highest BCUT2D eigenvalue weighted by Crippen LogP contribution is 2.21. The smallest absolute Gasteiger partial charge is 0.377 e. The first-order chi connectivity index (χ1) is 9.06. The zero-order valence-electron chi connectivity index (χ0n) is 10.9. The van der Waals surface area contributed by atoms with Gasteiger partial charge in [-0.05, 0) is 29.8 Å². The number of esters is 1. The third-order valence-corrected chi connectivity index (χ3v) is 3.70. The Morgan fingerprint density at radius 2 is 2.21 bits per heavy atom. The number of methoxy groups -OCH3 is 1. The summed E-state index contributed by atoms with van der Waals surface area (Å²) in [6.07, 6.45) is 1.50. The summed E-state index contributed by atoms with van der Waals surface area (Å²) in [6, 6.07) is 0. The first-order valence-corrected chi connectivity index (χ1v) is 6.55. The Labute approximate surface area is 118 Å². The average Bonchev–Trinajstić information content (AvgIpc) is 2.98. The van der Waals surface area contributed by atoms with Crippen LogP contribution < -0.4 is 0 Å². The molecular formula is C11H14BrN5O2. The molecule has 0 radical (unpaired) electrons. The monoisotopic (exact) mass is 327 g/mol. The van der Waals surface area contributed by atoms with Gasteiger partial charge in [-0.1, -0.05) is 0 Å². The second kappa shape index (κ2) is 5.52. The van der Waals surface area contributed by atoms with Crippen molar-refractivity contribution in [2.75, 3.05) is 7.11 Å². The Morgan fingerprint density at radius 3 is 2.84 bits per heavy atom. The van der Waals surface area contributed by atoms with Gasteiger partial charge >= 0.3 is 5.97 Å². The maximum absolute atomic E-state index is 11.3. The molecular weight excluding hydrogens is 314 g/mol. The number of rotatable bonds is 4. The molecule has 2 rings (SSSR count). The fourth-order valence-electron chi connectivity index (χ4n) is 1.73. The van der Waals surface area contributed by atoms with Gasteiger partial charge in [0.1, 0.15) is 6.33 Å². The molecule has 0 unspecified atom stereocenters. The molecule has 0 bridgehead atoms. The van der Waals surface area contributed by atoms with E-state index >= 15 is 0 Å². The lowest BCUT2D eigenvalue weighted by Gasteiger charge is -2.04. The van der Waals surface area contributed by atoms with Crippen molar-refractivity contribution in [3.63, 3.8) is 0 Å². The van der Waals surface area contributed by atoms with Crippen LogP contribution >= 0.6 is 15.9 Å². The first kappa shape index (κ1) is 13.7. The molecule has 0 saturated heterocycles. The van der Waals surface area contributed by atoms with Crippen molar-refractivity contribution in [3.8, 4) is 0 Å². The maximum Gasteiger partial charge on any atom is 0.377 e. The molecule has 0 fully saturated rings. The molecule has 0 aliphatic heterocycles. The van der Waals surface area contributed by atoms with E-state index < -0.39 is 5.97 Å². The van der Waals surface area contributed by atoms with Crippen molar-refractivity contribution in [1.82, 2.24) is 24.5 Å². The second-order valence-corrected chi connectivity index (χ2v) is 4.71. The molecule has 0 spiro atoms. The van der Waals surface area contributed by atoms with Gasteiger partial charge < -0.3 is 4.74 Å². The summed E-state index contributed by atoms with van der Waals surface area (Å²) >= 11 is 3.51. The molecule has 0 amide bonds. The Morgan fingerprint density at radius 1 is 1.47 bits per heavy atom. The normalized spacial score (nSPS) is 10.7. The molecule has 2 heterocycles. The summed E-state index contributed by atoms with van der Waals surface area (Å²) < 4.78 is 8.99. The SMILES string of the molecule is CCn1nc(C)c(Br)c1Cn1cnc(C(=O)OC)n1. The zero-order valence-corrected chi connectivity index (χ0v) is 12.5. The number of carbonyl (C=O) groups excluding carboxylic acids is 1. The zero-order chi connectivity index (χ0) is 14.0. The molecule has 8 heteroatoms. The van der Waals surface area contributed by atoms with E-state index in [0.717, 1.165) is 22.4 Å². The molecule has 0 saturated carbocycles. The summed E-state index contributed by atoms with van der Waals surface area (Å²) in [5.74, 6) is -0.490. The van der Waals surface area contributed by atoms with E-state index in [-0.39, 0.29) is 5.82 Å². The Balaban J connectivity index is 2.26. The lowest BCUT2D eigenvalue weighted by Crippen LogP contribution is -2.10. The van der Waals surface area contributed by atoms with Crippen LogP contribution in [0.4, 0.5) is 0 Å². The number of hydrogen-bond acceptors (Lipinski definition) is 5. The van der Waals surface area contributed by atoms with Gasteiger partial charge in [-0.3, -0.25) is 4.68 Å². The predicted octanol–water partition coefficient (Wildman–Crippen LogP) is 1.40. The van der Waals surface area contributed by atoms with Gasteiger partial charge in [-0.25, -0.2) is 14.5 Å². The van der Waals surface area contributed by atoms with E-state index in [1.807, 2.05) is 18.5 Å². The summed E-state index contributed by atoms with van der Waals surface area (Å²) in [5, 5.41) is 8.47. The highest BCUT2D eigenvalue weighted by atomic mass is 79.9. The van der Waals surface area contributed by atoms with E-state index in [1.165, 1.54) is 13.4 Å². The van der Waals surface area contributed by atoms with Gasteiger partial charge in [-0.15, -0.1) is 5.10 Å². The largest absolute Gasteiger partial charge is 0.463 e. The Hall–Kier alpha value is -1.70. The molecule has 0 N–H and O–H groups in total. The molecule has 2 aromatic heterocycles. The number of nitrogens with zero attached hydrogens (tertiary/aromatic N) is 5. The van der Waals surface area contributed by atoms with E-state index in [4.69, 9.17) is 0 Å². The highest BCUT2D eigenvalue weighted by molar-refractivity contribution is 9.10. The highest BCUT2D eigenvalue weighted by Gasteiger charge is 2.15. The van der Waals surface area contributed by atoms with Gasteiger partial charge in [0.25, 0.3) is 5.82 Å². The van der Waals surface area contributed by atoms with E-state index in [0.29, 0.717) is 6.54 Å². The number of halogens is 1. The number of ether oxygens (including phenoxy) is 1. The molecule has 0 aliphatic rings. The van der Waals surface area contributed by atoms with Gasteiger partial charge in [0.05, 0.1) is 29.5 Å². The second-order valence-electron chi connectivity index (χ2n) is 3.92. The molecule has 2 aromatic rings. The van der Waals surface area contributed by atoms with Gasteiger partial charge in [0.2, 0.25) is 0 Å². The molecule has 0 aromatic carbocycles. The molecule has 102 valence electrons. The Kier molecular flexibility index (Phi) is 3.98. The molecule has 0 aliphatic carbocycles. The van der Waals surface area contributed by atoms with Crippen molar-refractivity contribution in [3.05, 3.63) is 28.0 Å². The summed E-state index contributed by atoms with van der Waals surface area (Å²) in [6.45, 7) is 5.20. The van der Waals surface area contributed by atoms with Crippen molar-refractivity contribution >= 4 is 21.9 Å². The Bertz CT molecular complexity index is 604. The molecule has 7 nitrogen and oxygen atoms in total. The number of aromatic nitrogens is 5. The minimum absolute atomic E-state index is 0.0536. The number of hydrogen-bond donors (Lipinski definition) is 0. The molecule has 19 heavy (non-hydrogen) atoms. The lowest BCUT2D eigenvalue weighted by atomic mass is 10.3. The van der Waals surface area contributed by atoms with E-state index in [9.17, 15) is 4.79 Å². The summed E-state index contributed by atoms with van der Waals surface area (Å²) in [4.78, 5) is 15.2. The minimum Gasteiger partial charge on any atom is -0.463 e. The van der Waals surface area contributed by atoms with Crippen molar-refractivity contribution in [2.45, 2.75) is 26.9 Å². The van der Waals surface area contributed by atoms with Gasteiger partial charge in [0, 0.05) is 6.54 Å². The van der Waals surface area contributed by atoms with Crippen molar-refractivity contribution in [2.24, 2.45) is 0 Å². The first-order valence-electron chi connectivity index (χ1n) is 5.76. The summed E-state index contributed by atoms with van der Waals surface area (Å²) in [7, 11) is 1.30. The van der Waals surface area contributed by atoms with Crippen LogP contribution in [-0.4, -0.2) is 37.6 Å². The van der Waals surface area contributed by atoms with Crippen LogP contribution in [0.3, 0.4) is 0 Å². The van der Waals surface area contributed by atoms with Gasteiger partial charge in [0.15, 0.2) is 0 Å². The molecule has 0 atom stereocenters. The quantitative estimate of drug-likeness (QED) is 0.793. The minimum atomic E-state index is -0.544. The van der Waals surface area contributed by atoms with Gasteiger partial charge in [-0.2, -0.15) is 5.10 Å². The average molecular weight is 328 g/mol. The van der Waals surface area contributed by atoms with Crippen LogP contribution in [0.2, 0.25) is 0 Å². The van der Waals surface area contributed by atoms with E-state index in [1.54, 1.807) is 4.68 Å². The number of carbonyl (C=O) groups is 1. The predicted molar refractivity (Wildman–Crippen MR) is 70.8 cm³/mol. The maximum atomic E-state index is 11.3. The van der Waals surface area contributed by atoms with Crippen LogP contribution in [0.15, 0.2) is 10.8 Å². The van der Waals surface area contributed by atoms with Crippen LogP contribution in [-0.2, 0) is 17.8 Å². The standard InChI is InChI=1S/C11H14BrN5O2/c1-4-17-8(9(12)7(2)14-17)5-16-6-13-10(15-16)11(18)19-3/h6H,4-5H2,1-3H3. The third kappa shape index (κ3) is 2.67. The fraction of sp³-hybridized carbons (Fsp3) is 0.455.